The number of ketones is 1. The van der Waals surface area contributed by atoms with Crippen molar-refractivity contribution in [2.45, 2.75) is 11.4 Å². The predicted molar refractivity (Wildman–Crippen MR) is 86.6 cm³/mol. The van der Waals surface area contributed by atoms with E-state index in [1.165, 1.54) is 17.8 Å². The number of anilines is 1. The molecule has 1 aromatic rings. The van der Waals surface area contributed by atoms with Crippen LogP contribution in [0.1, 0.15) is 10.5 Å². The van der Waals surface area contributed by atoms with Crippen LogP contribution in [0.4, 0.5) is 5.13 Å². The van der Waals surface area contributed by atoms with Crippen molar-refractivity contribution in [1.29, 1.82) is 0 Å². The zero-order valence-electron chi connectivity index (χ0n) is 11.7. The van der Waals surface area contributed by atoms with Gasteiger partial charge in [0.05, 0.1) is 0 Å². The molecule has 0 unspecified atom stereocenters. The normalized spacial score (nSPS) is 22.3. The number of β-lactam (4-membered cyclic amide) rings is 1. The van der Waals surface area contributed by atoms with Crippen LogP contribution in [0.5, 0.6) is 0 Å². The molecule has 24 heavy (non-hydrogen) atoms. The fraction of sp³-hybridized carbons (Fsp3) is 0.250. The van der Waals surface area contributed by atoms with Gasteiger partial charge in [0.15, 0.2) is 5.13 Å². The number of nitrogens with two attached hydrogens (primary N) is 1. The molecule has 2 aliphatic rings. The highest BCUT2D eigenvalue weighted by atomic mass is 35.5. The maximum atomic E-state index is 12.1. The number of hydrogen-bond donors (Lipinski definition) is 3. The molecular formula is C12H9ClN4O5S2. The van der Waals surface area contributed by atoms with Crippen LogP contribution in [0, 0.1) is 0 Å². The number of Topliss-reactive ketones (excluding diaryl/α,β-unsaturated/α-hetero) is 1. The molecule has 12 heteroatoms. The fourth-order valence-electron chi connectivity index (χ4n) is 2.31. The average molecular weight is 389 g/mol. The summed E-state index contributed by atoms with van der Waals surface area (Å²) in [6.45, 7) is 0. The van der Waals surface area contributed by atoms with Gasteiger partial charge >= 0.3 is 5.97 Å². The van der Waals surface area contributed by atoms with Crippen molar-refractivity contribution in [3.05, 3.63) is 21.8 Å². The Morgan fingerprint density at radius 2 is 2.17 bits per heavy atom. The van der Waals surface area contributed by atoms with E-state index in [4.69, 9.17) is 22.4 Å². The third-order valence-corrected chi connectivity index (χ3v) is 5.64. The van der Waals surface area contributed by atoms with Gasteiger partial charge in [-0.2, -0.15) is 0 Å². The molecular weight excluding hydrogens is 380 g/mol. The van der Waals surface area contributed by atoms with Crippen molar-refractivity contribution in [2.24, 2.45) is 0 Å². The van der Waals surface area contributed by atoms with Gasteiger partial charge in [-0.05, 0) is 6.08 Å². The molecule has 0 aliphatic carbocycles. The minimum atomic E-state index is -1.22. The van der Waals surface area contributed by atoms with E-state index in [0.717, 1.165) is 16.2 Å². The van der Waals surface area contributed by atoms with Crippen LogP contribution >= 0.6 is 34.7 Å². The van der Waals surface area contributed by atoms with Gasteiger partial charge in [-0.25, -0.2) is 9.78 Å². The Bertz CT molecular complexity index is 807. The number of carbonyl (C=O) groups excluding carboxylic acids is 3. The summed E-state index contributed by atoms with van der Waals surface area (Å²) >= 11 is 7.92. The van der Waals surface area contributed by atoms with Crippen LogP contribution < -0.4 is 11.1 Å². The van der Waals surface area contributed by atoms with Crippen molar-refractivity contribution in [3.63, 3.8) is 0 Å². The lowest BCUT2D eigenvalue weighted by Crippen LogP contribution is -2.70. The Morgan fingerprint density at radius 1 is 1.46 bits per heavy atom. The number of nitrogens with one attached hydrogen (secondary N) is 1. The highest BCUT2D eigenvalue weighted by Gasteiger charge is 2.53. The number of aromatic nitrogens is 1. The Kier molecular flexibility index (Phi) is 4.24. The van der Waals surface area contributed by atoms with E-state index >= 15 is 0 Å². The first-order chi connectivity index (χ1) is 11.3. The van der Waals surface area contributed by atoms with Crippen LogP contribution in [0.2, 0.25) is 4.34 Å². The third-order valence-electron chi connectivity index (χ3n) is 3.38. The molecule has 0 bridgehead atoms. The summed E-state index contributed by atoms with van der Waals surface area (Å²) in [6, 6.07) is -0.982. The smallest absolute Gasteiger partial charge is 0.352 e. The Hall–Kier alpha value is -2.11. The molecule has 0 radical (unpaired) electrons. The van der Waals surface area contributed by atoms with Crippen LogP contribution in [0.25, 0.3) is 0 Å². The van der Waals surface area contributed by atoms with Gasteiger partial charge < -0.3 is 16.2 Å². The first kappa shape index (κ1) is 16.7. The molecule has 1 saturated heterocycles. The molecule has 0 saturated carbocycles. The zero-order chi connectivity index (χ0) is 17.6. The minimum Gasteiger partial charge on any atom is -0.477 e. The lowest BCUT2D eigenvalue weighted by atomic mass is 10.0. The number of hydrogen-bond acceptors (Lipinski definition) is 8. The molecule has 9 nitrogen and oxygen atoms in total. The second kappa shape index (κ2) is 6.07. The molecule has 2 amide bonds. The van der Waals surface area contributed by atoms with Crippen LogP contribution in [0.15, 0.2) is 11.8 Å². The first-order valence-electron chi connectivity index (χ1n) is 6.46. The number of aliphatic carboxylic acids is 1. The van der Waals surface area contributed by atoms with Crippen molar-refractivity contribution in [2.75, 3.05) is 11.5 Å². The molecule has 2 atom stereocenters. The zero-order valence-corrected chi connectivity index (χ0v) is 14.1. The van der Waals surface area contributed by atoms with Gasteiger partial charge in [-0.3, -0.25) is 19.3 Å². The largest absolute Gasteiger partial charge is 0.477 e. The number of amides is 2. The molecule has 126 valence electrons. The fourth-order valence-corrected chi connectivity index (χ4v) is 4.43. The first-order valence-corrected chi connectivity index (χ1v) is 8.70. The molecule has 2 aliphatic heterocycles. The molecule has 0 spiro atoms. The summed E-state index contributed by atoms with van der Waals surface area (Å²) in [4.78, 5) is 52.1. The van der Waals surface area contributed by atoms with Gasteiger partial charge in [0.1, 0.15) is 27.1 Å². The van der Waals surface area contributed by atoms with E-state index in [1.54, 1.807) is 0 Å². The van der Waals surface area contributed by atoms with E-state index in [9.17, 15) is 19.2 Å². The second-order valence-electron chi connectivity index (χ2n) is 4.78. The number of carboxylic acid groups (broad SMARTS) is 1. The number of halogens is 1. The second-order valence-corrected chi connectivity index (χ2v) is 7.56. The molecule has 3 rings (SSSR count). The number of thiazole rings is 1. The maximum Gasteiger partial charge on any atom is 0.352 e. The topological polar surface area (TPSA) is 143 Å². The number of carboxylic acids is 1. The van der Waals surface area contributed by atoms with E-state index < -0.39 is 35.0 Å². The number of fused-ring (bicyclic) bond motifs is 1. The monoisotopic (exact) mass is 388 g/mol. The lowest BCUT2D eigenvalue weighted by molar-refractivity contribution is -0.150. The summed E-state index contributed by atoms with van der Waals surface area (Å²) in [6.07, 6.45) is 1.42. The lowest BCUT2D eigenvalue weighted by Gasteiger charge is -2.48. The highest BCUT2D eigenvalue weighted by molar-refractivity contribution is 8.00. The number of nitrogens with zero attached hydrogens (tertiary/aromatic N) is 2. The summed E-state index contributed by atoms with van der Waals surface area (Å²) in [7, 11) is 0. The maximum absolute atomic E-state index is 12.1. The molecule has 4 N–H and O–H groups in total. The average Bonchev–Trinajstić information content (AvgIpc) is 2.88. The number of nitrogen functional groups attached to an aromatic ring is 1. The Morgan fingerprint density at radius 3 is 2.75 bits per heavy atom. The van der Waals surface area contributed by atoms with E-state index in [0.29, 0.717) is 5.75 Å². The van der Waals surface area contributed by atoms with Crippen molar-refractivity contribution in [3.8, 4) is 0 Å². The van der Waals surface area contributed by atoms with Gasteiger partial charge in [-0.15, -0.1) is 11.8 Å². The van der Waals surface area contributed by atoms with Gasteiger partial charge in [-0.1, -0.05) is 22.9 Å². The predicted octanol–water partition coefficient (Wildman–Crippen LogP) is -0.0702. The molecule has 3 heterocycles. The Labute approximate surface area is 147 Å². The van der Waals surface area contributed by atoms with Gasteiger partial charge in [0.2, 0.25) is 0 Å². The summed E-state index contributed by atoms with van der Waals surface area (Å²) in [5.41, 5.74) is 5.02. The van der Waals surface area contributed by atoms with Crippen LogP contribution in [-0.2, 0) is 14.4 Å². The van der Waals surface area contributed by atoms with Crippen LogP contribution in [0.3, 0.4) is 0 Å². The van der Waals surface area contributed by atoms with Crippen molar-refractivity contribution in [1.82, 2.24) is 15.2 Å². The quantitative estimate of drug-likeness (QED) is 0.369. The van der Waals surface area contributed by atoms with E-state index in [-0.39, 0.29) is 20.9 Å². The standard InChI is InChI=1S/C12H9ClN4O5S2/c13-7-4(16-12(14)24-7)6(18)8(19)15-5-9(20)17-3(11(21)22)1-2-23-10(5)17/h1,5,10H,2H2,(H2,14,16)(H,15,19)(H,21,22)/t5-,10-/m1/s1. The third kappa shape index (κ3) is 2.64. The molecule has 1 aromatic heterocycles. The Balaban J connectivity index is 1.72. The van der Waals surface area contributed by atoms with Gasteiger partial charge in [0.25, 0.3) is 17.6 Å². The van der Waals surface area contributed by atoms with Gasteiger partial charge in [0, 0.05) is 5.75 Å². The summed E-state index contributed by atoms with van der Waals surface area (Å²) in [5.74, 6) is -3.49. The number of carbonyl (C=O) groups is 4. The van der Waals surface area contributed by atoms with Crippen molar-refractivity contribution >= 4 is 63.4 Å². The SMILES string of the molecule is Nc1nc(C(=O)C(=O)N[C@@H]2C(=O)N3C(C(=O)O)=CCS[C@H]23)c(Cl)s1. The number of thioether (sulfide) groups is 1. The molecule has 0 aromatic carbocycles. The minimum absolute atomic E-state index is 0.0163. The summed E-state index contributed by atoms with van der Waals surface area (Å²) < 4.78 is -0.0163. The molecule has 1 fully saturated rings. The highest BCUT2D eigenvalue weighted by Crippen LogP contribution is 2.37. The number of rotatable bonds is 4. The van der Waals surface area contributed by atoms with Crippen LogP contribution in [-0.4, -0.2) is 55.7 Å². The van der Waals surface area contributed by atoms with E-state index in [1.807, 2.05) is 0 Å². The summed E-state index contributed by atoms with van der Waals surface area (Å²) in [5, 5.41) is 10.8. The van der Waals surface area contributed by atoms with E-state index in [2.05, 4.69) is 10.3 Å². The van der Waals surface area contributed by atoms with Crippen molar-refractivity contribution < 1.29 is 24.3 Å².